The Balaban J connectivity index is 2.58. The lowest BCUT2D eigenvalue weighted by molar-refractivity contribution is 0.112. The molecule has 2 rings (SSSR count). The van der Waals surface area contributed by atoms with E-state index in [1.165, 1.54) is 0 Å². The molecule has 17 heavy (non-hydrogen) atoms. The molecule has 0 atom stereocenters. The van der Waals surface area contributed by atoms with Crippen LogP contribution in [0.2, 0.25) is 10.0 Å². The first-order valence-corrected chi connectivity index (χ1v) is 5.88. The zero-order valence-corrected chi connectivity index (χ0v) is 10.7. The molecule has 0 bridgehead atoms. The highest BCUT2D eigenvalue weighted by molar-refractivity contribution is 6.42. The molecule has 0 N–H and O–H groups in total. The summed E-state index contributed by atoms with van der Waals surface area (Å²) in [5.41, 5.74) is 3.69. The van der Waals surface area contributed by atoms with Crippen molar-refractivity contribution in [3.8, 4) is 11.1 Å². The summed E-state index contributed by atoms with van der Waals surface area (Å²) in [6.07, 6.45) is 0.834. The van der Waals surface area contributed by atoms with Crippen LogP contribution in [0.4, 0.5) is 0 Å². The maximum absolute atomic E-state index is 10.8. The van der Waals surface area contributed by atoms with Crippen molar-refractivity contribution in [1.82, 2.24) is 0 Å². The van der Waals surface area contributed by atoms with Crippen LogP contribution in [0.1, 0.15) is 15.9 Å². The van der Waals surface area contributed by atoms with Gasteiger partial charge in [0.1, 0.15) is 6.29 Å². The number of carbonyl (C=O) groups excluding carboxylic acids is 1. The molecule has 0 aromatic heterocycles. The molecular formula is C14H10Cl2O. The Hall–Kier alpha value is -1.31. The average Bonchev–Trinajstić information content (AvgIpc) is 2.33. The highest BCUT2D eigenvalue weighted by Crippen LogP contribution is 2.30. The van der Waals surface area contributed by atoms with Crippen LogP contribution in [0.25, 0.3) is 11.1 Å². The number of benzene rings is 2. The minimum atomic E-state index is 0.514. The molecule has 0 spiro atoms. The van der Waals surface area contributed by atoms with Gasteiger partial charge < -0.3 is 0 Å². The number of hydrogen-bond donors (Lipinski definition) is 0. The van der Waals surface area contributed by atoms with Crippen molar-refractivity contribution < 1.29 is 4.79 Å². The van der Waals surface area contributed by atoms with Crippen LogP contribution in [0.15, 0.2) is 36.4 Å². The molecule has 0 heterocycles. The molecule has 0 radical (unpaired) electrons. The Morgan fingerprint density at radius 1 is 1.00 bits per heavy atom. The van der Waals surface area contributed by atoms with Crippen molar-refractivity contribution >= 4 is 29.5 Å². The first kappa shape index (κ1) is 12.2. The number of aldehydes is 1. The Kier molecular flexibility index (Phi) is 3.51. The minimum Gasteiger partial charge on any atom is -0.298 e. The fourth-order valence-corrected chi connectivity index (χ4v) is 1.99. The molecule has 2 aromatic carbocycles. The molecule has 3 heteroatoms. The monoisotopic (exact) mass is 264 g/mol. The first-order chi connectivity index (χ1) is 8.11. The average molecular weight is 265 g/mol. The lowest BCUT2D eigenvalue weighted by atomic mass is 9.98. The topological polar surface area (TPSA) is 17.1 Å². The number of carbonyl (C=O) groups is 1. The zero-order valence-electron chi connectivity index (χ0n) is 9.21. The molecule has 0 aliphatic heterocycles. The van der Waals surface area contributed by atoms with Gasteiger partial charge in [-0.2, -0.15) is 0 Å². The molecule has 0 saturated heterocycles. The summed E-state index contributed by atoms with van der Waals surface area (Å²) in [5, 5.41) is 1.04. The molecule has 2 aromatic rings. The predicted molar refractivity (Wildman–Crippen MR) is 72.0 cm³/mol. The molecule has 0 fully saturated rings. The van der Waals surface area contributed by atoms with E-state index in [0.717, 1.165) is 23.0 Å². The third kappa shape index (κ3) is 2.51. The molecule has 0 saturated carbocycles. The van der Waals surface area contributed by atoms with Crippen LogP contribution in [-0.4, -0.2) is 6.29 Å². The Labute approximate surface area is 110 Å². The second-order valence-corrected chi connectivity index (χ2v) is 4.64. The normalized spacial score (nSPS) is 10.3. The number of hydrogen-bond acceptors (Lipinski definition) is 1. The van der Waals surface area contributed by atoms with Crippen LogP contribution in [0.5, 0.6) is 0 Å². The van der Waals surface area contributed by atoms with Gasteiger partial charge in [0.25, 0.3) is 0 Å². The molecule has 86 valence electrons. The van der Waals surface area contributed by atoms with Crippen molar-refractivity contribution in [3.05, 3.63) is 57.6 Å². The summed E-state index contributed by atoms with van der Waals surface area (Å²) in [5.74, 6) is 0. The van der Waals surface area contributed by atoms with E-state index in [2.05, 4.69) is 0 Å². The first-order valence-electron chi connectivity index (χ1n) is 5.13. The van der Waals surface area contributed by atoms with Gasteiger partial charge in [0.2, 0.25) is 0 Å². The largest absolute Gasteiger partial charge is 0.298 e. The third-order valence-corrected chi connectivity index (χ3v) is 3.37. The van der Waals surface area contributed by atoms with E-state index in [9.17, 15) is 4.79 Å². The maximum atomic E-state index is 10.8. The molecule has 0 aliphatic carbocycles. The van der Waals surface area contributed by atoms with Crippen molar-refractivity contribution in [2.75, 3.05) is 0 Å². The van der Waals surface area contributed by atoms with Crippen LogP contribution in [0.3, 0.4) is 0 Å². The summed E-state index contributed by atoms with van der Waals surface area (Å²) in [4.78, 5) is 10.8. The second-order valence-electron chi connectivity index (χ2n) is 3.82. The zero-order chi connectivity index (χ0) is 12.4. The van der Waals surface area contributed by atoms with E-state index in [-0.39, 0.29) is 0 Å². The second kappa shape index (κ2) is 4.91. The molecular weight excluding hydrogens is 255 g/mol. The van der Waals surface area contributed by atoms with Gasteiger partial charge >= 0.3 is 0 Å². The summed E-state index contributed by atoms with van der Waals surface area (Å²) in [7, 11) is 0. The highest BCUT2D eigenvalue weighted by atomic mass is 35.5. The van der Waals surface area contributed by atoms with Gasteiger partial charge in [0, 0.05) is 5.56 Å². The van der Waals surface area contributed by atoms with Crippen LogP contribution in [-0.2, 0) is 0 Å². The SMILES string of the molecule is Cc1ccc(C=O)cc1-c1ccc(Cl)c(Cl)c1. The summed E-state index contributed by atoms with van der Waals surface area (Å²) in [6, 6.07) is 11.0. The predicted octanol–water partition coefficient (Wildman–Crippen LogP) is 4.78. The fraction of sp³-hybridized carbons (Fsp3) is 0.0714. The Morgan fingerprint density at radius 2 is 1.76 bits per heavy atom. The van der Waals surface area contributed by atoms with Crippen molar-refractivity contribution in [1.29, 1.82) is 0 Å². The summed E-state index contributed by atoms with van der Waals surface area (Å²) < 4.78 is 0. The minimum absolute atomic E-state index is 0.514. The van der Waals surface area contributed by atoms with Crippen molar-refractivity contribution in [2.45, 2.75) is 6.92 Å². The van der Waals surface area contributed by atoms with Crippen LogP contribution < -0.4 is 0 Å². The maximum Gasteiger partial charge on any atom is 0.150 e. The third-order valence-electron chi connectivity index (χ3n) is 2.63. The van der Waals surface area contributed by atoms with Crippen LogP contribution in [0, 0.1) is 6.92 Å². The Bertz CT molecular complexity index is 576. The molecule has 0 aliphatic rings. The van der Waals surface area contributed by atoms with Gasteiger partial charge in [-0.15, -0.1) is 0 Å². The van der Waals surface area contributed by atoms with Crippen molar-refractivity contribution in [2.24, 2.45) is 0 Å². The van der Waals surface area contributed by atoms with E-state index in [1.807, 2.05) is 25.1 Å². The molecule has 0 unspecified atom stereocenters. The van der Waals surface area contributed by atoms with Gasteiger partial charge in [0.15, 0.2) is 0 Å². The highest BCUT2D eigenvalue weighted by Gasteiger charge is 2.05. The van der Waals surface area contributed by atoms with Crippen LogP contribution >= 0.6 is 23.2 Å². The molecule has 0 amide bonds. The van der Waals surface area contributed by atoms with E-state index in [0.29, 0.717) is 15.6 Å². The van der Waals surface area contributed by atoms with E-state index >= 15 is 0 Å². The summed E-state index contributed by atoms with van der Waals surface area (Å²) >= 11 is 11.9. The lowest BCUT2D eigenvalue weighted by Crippen LogP contribution is -1.87. The van der Waals surface area contributed by atoms with E-state index < -0.39 is 0 Å². The summed E-state index contributed by atoms with van der Waals surface area (Å²) in [6.45, 7) is 1.99. The number of rotatable bonds is 2. The van der Waals surface area contributed by atoms with Gasteiger partial charge in [-0.3, -0.25) is 4.79 Å². The van der Waals surface area contributed by atoms with Gasteiger partial charge in [-0.05, 0) is 41.8 Å². The fourth-order valence-electron chi connectivity index (χ4n) is 1.69. The standard InChI is InChI=1S/C14H10Cl2O/c1-9-2-3-10(8-17)6-12(9)11-4-5-13(15)14(16)7-11/h2-8H,1H3. The van der Waals surface area contributed by atoms with Gasteiger partial charge in [0.05, 0.1) is 10.0 Å². The van der Waals surface area contributed by atoms with Gasteiger partial charge in [-0.25, -0.2) is 0 Å². The van der Waals surface area contributed by atoms with Gasteiger partial charge in [-0.1, -0.05) is 41.4 Å². The number of halogens is 2. The van der Waals surface area contributed by atoms with E-state index in [1.54, 1.807) is 18.2 Å². The Morgan fingerprint density at radius 3 is 2.41 bits per heavy atom. The number of aryl methyl sites for hydroxylation is 1. The lowest BCUT2D eigenvalue weighted by Gasteiger charge is -2.08. The molecule has 1 nitrogen and oxygen atoms in total. The van der Waals surface area contributed by atoms with E-state index in [4.69, 9.17) is 23.2 Å². The smallest absolute Gasteiger partial charge is 0.150 e. The van der Waals surface area contributed by atoms with Crippen molar-refractivity contribution in [3.63, 3.8) is 0 Å². The quantitative estimate of drug-likeness (QED) is 0.714.